The lowest BCUT2D eigenvalue weighted by molar-refractivity contribution is -0.135. The lowest BCUT2D eigenvalue weighted by Gasteiger charge is -2.18. The number of ether oxygens (including phenoxy) is 1. The Morgan fingerprint density at radius 1 is 1.04 bits per heavy atom. The largest absolute Gasteiger partial charge is 0.484 e. The summed E-state index contributed by atoms with van der Waals surface area (Å²) in [7, 11) is 1.55. The highest BCUT2D eigenvalue weighted by Gasteiger charge is 2.14. The van der Waals surface area contributed by atoms with Crippen LogP contribution >= 0.6 is 0 Å². The Morgan fingerprint density at radius 2 is 1.70 bits per heavy atom. The van der Waals surface area contributed by atoms with E-state index in [2.05, 4.69) is 5.32 Å². The summed E-state index contributed by atoms with van der Waals surface area (Å²) in [6, 6.07) is 14.1. The first-order chi connectivity index (χ1) is 12.9. The summed E-state index contributed by atoms with van der Waals surface area (Å²) in [6.07, 6.45) is 0.807. The van der Waals surface area contributed by atoms with Crippen molar-refractivity contribution in [2.45, 2.75) is 20.3 Å². The second-order valence-corrected chi connectivity index (χ2v) is 6.18. The van der Waals surface area contributed by atoms with E-state index in [1.165, 1.54) is 11.8 Å². The fourth-order valence-corrected chi connectivity index (χ4v) is 2.49. The van der Waals surface area contributed by atoms with Crippen LogP contribution in [0.25, 0.3) is 0 Å². The Hall–Kier alpha value is -3.15. The minimum Gasteiger partial charge on any atom is -0.484 e. The number of carbonyl (C=O) groups excluding carboxylic acids is 3. The number of hydrogen-bond donors (Lipinski definition) is 1. The quantitative estimate of drug-likeness (QED) is 0.727. The molecule has 142 valence electrons. The standard InChI is InChI=1S/C21H24N2O4/c1-4-16-7-5-6-8-19(16)22-20(25)13-23(3)21(26)14-27-18-11-9-17(10-12-18)15(2)24/h5-12H,4,13-14H2,1-3H3,(H,22,25). The molecule has 2 aromatic carbocycles. The number of anilines is 1. The maximum Gasteiger partial charge on any atom is 0.260 e. The average Bonchev–Trinajstić information content (AvgIpc) is 2.66. The number of likely N-dealkylation sites (N-methyl/N-ethyl adjacent to an activating group) is 1. The molecular weight excluding hydrogens is 344 g/mol. The molecule has 27 heavy (non-hydrogen) atoms. The molecule has 0 aromatic heterocycles. The van der Waals surface area contributed by atoms with Crippen LogP contribution in [0.3, 0.4) is 0 Å². The third-order valence-corrected chi connectivity index (χ3v) is 4.10. The van der Waals surface area contributed by atoms with Crippen LogP contribution in [0.15, 0.2) is 48.5 Å². The fourth-order valence-electron chi connectivity index (χ4n) is 2.49. The molecule has 0 radical (unpaired) electrons. The van der Waals surface area contributed by atoms with Crippen molar-refractivity contribution in [2.24, 2.45) is 0 Å². The zero-order valence-corrected chi connectivity index (χ0v) is 15.8. The summed E-state index contributed by atoms with van der Waals surface area (Å²) in [5.41, 5.74) is 2.37. The Kier molecular flexibility index (Phi) is 7.11. The number of benzene rings is 2. The van der Waals surface area contributed by atoms with E-state index >= 15 is 0 Å². The van der Waals surface area contributed by atoms with E-state index in [0.717, 1.165) is 17.7 Å². The van der Waals surface area contributed by atoms with E-state index in [0.29, 0.717) is 11.3 Å². The van der Waals surface area contributed by atoms with Crippen LogP contribution in [0, 0.1) is 0 Å². The highest BCUT2D eigenvalue weighted by Crippen LogP contribution is 2.15. The van der Waals surface area contributed by atoms with Gasteiger partial charge in [0.15, 0.2) is 12.4 Å². The highest BCUT2D eigenvalue weighted by molar-refractivity contribution is 5.95. The van der Waals surface area contributed by atoms with Gasteiger partial charge in [-0.3, -0.25) is 14.4 Å². The third-order valence-electron chi connectivity index (χ3n) is 4.10. The van der Waals surface area contributed by atoms with E-state index in [1.54, 1.807) is 31.3 Å². The van der Waals surface area contributed by atoms with Crippen LogP contribution < -0.4 is 10.1 Å². The molecule has 0 spiro atoms. The number of amides is 2. The van der Waals surface area contributed by atoms with Crippen molar-refractivity contribution < 1.29 is 19.1 Å². The highest BCUT2D eigenvalue weighted by atomic mass is 16.5. The first kappa shape index (κ1) is 20.2. The van der Waals surface area contributed by atoms with E-state index in [-0.39, 0.29) is 30.7 Å². The van der Waals surface area contributed by atoms with Crippen molar-refractivity contribution in [3.8, 4) is 5.75 Å². The van der Waals surface area contributed by atoms with Crippen LogP contribution in [0.1, 0.15) is 29.8 Å². The lowest BCUT2D eigenvalue weighted by Crippen LogP contribution is -2.37. The molecule has 1 N–H and O–H groups in total. The molecule has 2 aromatic rings. The average molecular weight is 368 g/mol. The Labute approximate surface area is 159 Å². The molecule has 6 heteroatoms. The van der Waals surface area contributed by atoms with Gasteiger partial charge >= 0.3 is 0 Å². The van der Waals surface area contributed by atoms with Gasteiger partial charge in [-0.1, -0.05) is 25.1 Å². The van der Waals surface area contributed by atoms with Crippen molar-refractivity contribution >= 4 is 23.3 Å². The maximum absolute atomic E-state index is 12.2. The minimum atomic E-state index is -0.315. The summed E-state index contributed by atoms with van der Waals surface area (Å²) in [5.74, 6) is -0.127. The van der Waals surface area contributed by atoms with Gasteiger partial charge in [0, 0.05) is 18.3 Å². The number of rotatable bonds is 8. The van der Waals surface area contributed by atoms with Gasteiger partial charge in [0.25, 0.3) is 5.91 Å². The third kappa shape index (κ3) is 5.95. The number of carbonyl (C=O) groups is 3. The summed E-state index contributed by atoms with van der Waals surface area (Å²) < 4.78 is 5.43. The molecule has 0 bridgehead atoms. The van der Waals surface area contributed by atoms with Crippen LogP contribution in [0.2, 0.25) is 0 Å². The monoisotopic (exact) mass is 368 g/mol. The van der Waals surface area contributed by atoms with Gasteiger partial charge in [0.05, 0.1) is 6.54 Å². The first-order valence-electron chi connectivity index (χ1n) is 8.76. The number of ketones is 1. The van der Waals surface area contributed by atoms with E-state index in [4.69, 9.17) is 4.74 Å². The van der Waals surface area contributed by atoms with Crippen molar-refractivity contribution in [3.63, 3.8) is 0 Å². The van der Waals surface area contributed by atoms with Gasteiger partial charge < -0.3 is 15.0 Å². The molecular formula is C21H24N2O4. The topological polar surface area (TPSA) is 75.7 Å². The predicted molar refractivity (Wildman–Crippen MR) is 104 cm³/mol. The molecule has 0 fully saturated rings. The molecule has 6 nitrogen and oxygen atoms in total. The number of aryl methyl sites for hydroxylation is 1. The second-order valence-electron chi connectivity index (χ2n) is 6.18. The fraction of sp³-hybridized carbons (Fsp3) is 0.286. The molecule has 2 rings (SSSR count). The van der Waals surface area contributed by atoms with Gasteiger partial charge in [0.1, 0.15) is 5.75 Å². The molecule has 0 aliphatic carbocycles. The summed E-state index contributed by atoms with van der Waals surface area (Å²) >= 11 is 0. The number of nitrogens with one attached hydrogen (secondary N) is 1. The predicted octanol–water partition coefficient (Wildman–Crippen LogP) is 2.93. The Bertz CT molecular complexity index is 815. The number of hydrogen-bond acceptors (Lipinski definition) is 4. The summed E-state index contributed by atoms with van der Waals surface area (Å²) in [4.78, 5) is 36.9. The van der Waals surface area contributed by atoms with E-state index < -0.39 is 0 Å². The van der Waals surface area contributed by atoms with Gasteiger partial charge in [-0.15, -0.1) is 0 Å². The van der Waals surface area contributed by atoms with Crippen LogP contribution in [-0.2, 0) is 16.0 Å². The molecule has 2 amide bonds. The smallest absolute Gasteiger partial charge is 0.260 e. The van der Waals surface area contributed by atoms with Gasteiger partial charge in [-0.2, -0.15) is 0 Å². The summed E-state index contributed by atoms with van der Waals surface area (Å²) in [6.45, 7) is 3.25. The SMILES string of the molecule is CCc1ccccc1NC(=O)CN(C)C(=O)COc1ccc(C(C)=O)cc1. The normalized spacial score (nSPS) is 10.2. The number of para-hydroxylation sites is 1. The molecule has 0 saturated heterocycles. The zero-order chi connectivity index (χ0) is 19.8. The van der Waals surface area contributed by atoms with Crippen molar-refractivity contribution in [3.05, 3.63) is 59.7 Å². The molecule has 0 aliphatic rings. The number of nitrogens with zero attached hydrogens (tertiary/aromatic N) is 1. The van der Waals surface area contributed by atoms with Crippen molar-refractivity contribution in [2.75, 3.05) is 25.5 Å². The molecule has 0 aliphatic heterocycles. The summed E-state index contributed by atoms with van der Waals surface area (Å²) in [5, 5.41) is 2.83. The first-order valence-corrected chi connectivity index (χ1v) is 8.76. The zero-order valence-electron chi connectivity index (χ0n) is 15.8. The molecule has 0 atom stereocenters. The maximum atomic E-state index is 12.2. The minimum absolute atomic E-state index is 0.0342. The van der Waals surface area contributed by atoms with Gasteiger partial charge in [-0.25, -0.2) is 0 Å². The van der Waals surface area contributed by atoms with Crippen LogP contribution in [-0.4, -0.2) is 42.7 Å². The van der Waals surface area contributed by atoms with Crippen molar-refractivity contribution in [1.29, 1.82) is 0 Å². The van der Waals surface area contributed by atoms with Crippen LogP contribution in [0.4, 0.5) is 5.69 Å². The second kappa shape index (κ2) is 9.52. The molecule has 0 saturated carbocycles. The van der Waals surface area contributed by atoms with E-state index in [9.17, 15) is 14.4 Å². The van der Waals surface area contributed by atoms with E-state index in [1.807, 2.05) is 31.2 Å². The number of Topliss-reactive ketones (excluding diaryl/α,β-unsaturated/α-hetero) is 1. The van der Waals surface area contributed by atoms with Crippen LogP contribution in [0.5, 0.6) is 5.75 Å². The lowest BCUT2D eigenvalue weighted by atomic mass is 10.1. The van der Waals surface area contributed by atoms with Gasteiger partial charge in [-0.05, 0) is 49.2 Å². The Balaban J connectivity index is 1.84. The van der Waals surface area contributed by atoms with Crippen molar-refractivity contribution in [1.82, 2.24) is 4.90 Å². The molecule has 0 heterocycles. The molecule has 0 unspecified atom stereocenters. The Morgan fingerprint density at radius 3 is 2.33 bits per heavy atom. The van der Waals surface area contributed by atoms with Gasteiger partial charge in [0.2, 0.25) is 5.91 Å².